The van der Waals surface area contributed by atoms with Crippen molar-refractivity contribution in [3.05, 3.63) is 48.0 Å². The molecule has 4 amide bonds. The Hall–Kier alpha value is -3.91. The van der Waals surface area contributed by atoms with Gasteiger partial charge in [-0.05, 0) is 50.7 Å². The molecular weight excluding hydrogens is 502 g/mol. The molecule has 1 aromatic carbocycles. The third kappa shape index (κ3) is 10.1. The monoisotopic (exact) mass is 541 g/mol. The van der Waals surface area contributed by atoms with E-state index in [2.05, 4.69) is 16.0 Å². The van der Waals surface area contributed by atoms with Crippen LogP contribution in [0.3, 0.4) is 0 Å². The first kappa shape index (κ1) is 31.3. The lowest BCUT2D eigenvalue weighted by Gasteiger charge is -2.30. The van der Waals surface area contributed by atoms with Gasteiger partial charge in [0.05, 0.1) is 18.2 Å². The largest absolute Gasteiger partial charge is 0.445 e. The number of carbonyl (C=O) groups is 4. The molecule has 1 aromatic rings. The van der Waals surface area contributed by atoms with Crippen molar-refractivity contribution in [3.63, 3.8) is 0 Å². The second kappa shape index (κ2) is 15.5. The topological polar surface area (TPSA) is 161 Å². The molecule has 11 heteroatoms. The summed E-state index contributed by atoms with van der Waals surface area (Å²) in [7, 11) is 0. The Bertz CT molecular complexity index is 1050. The van der Waals surface area contributed by atoms with Crippen LogP contribution >= 0.6 is 0 Å². The predicted octanol–water partition coefficient (Wildman–Crippen LogP) is 1.77. The van der Waals surface area contributed by atoms with Gasteiger partial charge in [0, 0.05) is 12.6 Å². The summed E-state index contributed by atoms with van der Waals surface area (Å²) in [4.78, 5) is 53.1. The number of nitrogens with one attached hydrogen (secondary N) is 3. The molecule has 0 aliphatic carbocycles. The SMILES string of the molecule is CC(C)C[C@H](NC(=O)OCc1ccccc1)C(=O)N1CCC[C@H]1C(=O)N[C@@H](C)C(=O)N[C@H](/C=C/C#N)[C@@H](C)O. The van der Waals surface area contributed by atoms with Gasteiger partial charge in [0.15, 0.2) is 0 Å². The number of aliphatic hydroxyl groups excluding tert-OH is 1. The van der Waals surface area contributed by atoms with E-state index in [0.717, 1.165) is 11.6 Å². The minimum absolute atomic E-state index is 0.0617. The number of carbonyl (C=O) groups excluding carboxylic acids is 4. The number of hydrogen-bond donors (Lipinski definition) is 4. The number of rotatable bonds is 12. The Labute approximate surface area is 229 Å². The average Bonchev–Trinajstić information content (AvgIpc) is 3.39. The first-order valence-corrected chi connectivity index (χ1v) is 13.2. The smallest absolute Gasteiger partial charge is 0.408 e. The van der Waals surface area contributed by atoms with Crippen LogP contribution in [0.25, 0.3) is 0 Å². The third-order valence-electron chi connectivity index (χ3n) is 6.31. The number of ether oxygens (including phenoxy) is 1. The van der Waals surface area contributed by atoms with Crippen LogP contribution in [-0.2, 0) is 25.7 Å². The number of benzene rings is 1. The van der Waals surface area contributed by atoms with E-state index < -0.39 is 48.2 Å². The lowest BCUT2D eigenvalue weighted by Crippen LogP contribution is -2.56. The highest BCUT2D eigenvalue weighted by atomic mass is 16.5. The van der Waals surface area contributed by atoms with Gasteiger partial charge in [-0.1, -0.05) is 44.2 Å². The fourth-order valence-electron chi connectivity index (χ4n) is 4.24. The van der Waals surface area contributed by atoms with E-state index in [0.29, 0.717) is 25.8 Å². The van der Waals surface area contributed by atoms with Gasteiger partial charge in [0.2, 0.25) is 17.7 Å². The van der Waals surface area contributed by atoms with Crippen molar-refractivity contribution >= 4 is 23.8 Å². The van der Waals surface area contributed by atoms with Crippen molar-refractivity contribution in [3.8, 4) is 6.07 Å². The summed E-state index contributed by atoms with van der Waals surface area (Å²) in [5.41, 5.74) is 0.815. The zero-order valence-electron chi connectivity index (χ0n) is 22.9. The second-order valence-electron chi connectivity index (χ2n) is 10.1. The molecule has 39 heavy (non-hydrogen) atoms. The van der Waals surface area contributed by atoms with Gasteiger partial charge in [-0.3, -0.25) is 14.4 Å². The van der Waals surface area contributed by atoms with E-state index in [1.807, 2.05) is 44.2 Å². The number of aliphatic hydroxyl groups is 1. The number of allylic oxidation sites excluding steroid dienone is 1. The first-order valence-electron chi connectivity index (χ1n) is 13.2. The molecule has 0 unspecified atom stereocenters. The highest BCUT2D eigenvalue weighted by molar-refractivity contribution is 5.94. The first-order chi connectivity index (χ1) is 18.5. The Morgan fingerprint density at radius 3 is 2.44 bits per heavy atom. The van der Waals surface area contributed by atoms with Gasteiger partial charge < -0.3 is 30.7 Å². The van der Waals surface area contributed by atoms with Crippen LogP contribution in [-0.4, -0.2) is 70.6 Å². The predicted molar refractivity (Wildman–Crippen MR) is 144 cm³/mol. The van der Waals surface area contributed by atoms with Crippen LogP contribution in [0.1, 0.15) is 52.5 Å². The molecule has 0 aromatic heterocycles. The van der Waals surface area contributed by atoms with Crippen LogP contribution < -0.4 is 16.0 Å². The van der Waals surface area contributed by atoms with Crippen LogP contribution in [0, 0.1) is 17.2 Å². The maximum Gasteiger partial charge on any atom is 0.408 e. The molecular formula is C28H39N5O6. The Morgan fingerprint density at radius 1 is 1.13 bits per heavy atom. The number of nitriles is 1. The van der Waals surface area contributed by atoms with Crippen LogP contribution in [0.2, 0.25) is 0 Å². The number of likely N-dealkylation sites (tertiary alicyclic amines) is 1. The van der Waals surface area contributed by atoms with Gasteiger partial charge in [-0.15, -0.1) is 0 Å². The molecule has 2 rings (SSSR count). The molecule has 0 bridgehead atoms. The number of alkyl carbamates (subject to hydrolysis) is 1. The van der Waals surface area contributed by atoms with Crippen molar-refractivity contribution in [2.45, 2.75) is 83.8 Å². The van der Waals surface area contributed by atoms with E-state index in [1.165, 1.54) is 24.8 Å². The molecule has 1 saturated heterocycles. The lowest BCUT2D eigenvalue weighted by atomic mass is 10.0. The zero-order chi connectivity index (χ0) is 28.9. The average molecular weight is 542 g/mol. The van der Waals surface area contributed by atoms with Crippen LogP contribution in [0.5, 0.6) is 0 Å². The minimum atomic E-state index is -0.954. The quantitative estimate of drug-likeness (QED) is 0.293. The Morgan fingerprint density at radius 2 is 1.82 bits per heavy atom. The van der Waals surface area contributed by atoms with Crippen molar-refractivity contribution in [2.24, 2.45) is 5.92 Å². The molecule has 1 aliphatic rings. The van der Waals surface area contributed by atoms with E-state index in [4.69, 9.17) is 10.00 Å². The summed E-state index contributed by atoms with van der Waals surface area (Å²) in [5, 5.41) is 26.4. The summed E-state index contributed by atoms with van der Waals surface area (Å²) >= 11 is 0. The molecule has 11 nitrogen and oxygen atoms in total. The summed E-state index contributed by atoms with van der Waals surface area (Å²) in [6.45, 7) is 7.22. The van der Waals surface area contributed by atoms with Gasteiger partial charge in [-0.25, -0.2) is 4.79 Å². The van der Waals surface area contributed by atoms with Crippen molar-refractivity contribution in [2.75, 3.05) is 6.54 Å². The normalized spacial score (nSPS) is 18.1. The van der Waals surface area contributed by atoms with Crippen LogP contribution in [0.4, 0.5) is 4.79 Å². The second-order valence-corrected chi connectivity index (χ2v) is 10.1. The summed E-state index contributed by atoms with van der Waals surface area (Å²) < 4.78 is 5.29. The lowest BCUT2D eigenvalue weighted by molar-refractivity contribution is -0.141. The number of nitrogens with zero attached hydrogens (tertiary/aromatic N) is 2. The molecule has 212 valence electrons. The Balaban J connectivity index is 2.02. The molecule has 1 aliphatic heterocycles. The van der Waals surface area contributed by atoms with Crippen molar-refractivity contribution in [1.29, 1.82) is 5.26 Å². The summed E-state index contributed by atoms with van der Waals surface area (Å²) in [5.74, 6) is -1.33. The van der Waals surface area contributed by atoms with Crippen LogP contribution in [0.15, 0.2) is 42.5 Å². The molecule has 1 fully saturated rings. The summed E-state index contributed by atoms with van der Waals surface area (Å²) in [6, 6.07) is 7.56. The van der Waals surface area contributed by atoms with Gasteiger partial charge >= 0.3 is 6.09 Å². The van der Waals surface area contributed by atoms with E-state index in [9.17, 15) is 24.3 Å². The van der Waals surface area contributed by atoms with Crippen molar-refractivity contribution in [1.82, 2.24) is 20.9 Å². The van der Waals surface area contributed by atoms with Crippen molar-refractivity contribution < 1.29 is 29.0 Å². The van der Waals surface area contributed by atoms with E-state index in [1.54, 1.807) is 6.07 Å². The third-order valence-corrected chi connectivity index (χ3v) is 6.31. The molecule has 5 atom stereocenters. The highest BCUT2D eigenvalue weighted by Crippen LogP contribution is 2.21. The number of amides is 4. The molecule has 4 N–H and O–H groups in total. The van der Waals surface area contributed by atoms with Gasteiger partial charge in [0.1, 0.15) is 24.7 Å². The molecule has 0 radical (unpaired) electrons. The molecule has 0 spiro atoms. The summed E-state index contributed by atoms with van der Waals surface area (Å²) in [6.07, 6.45) is 2.22. The Kier molecular flexibility index (Phi) is 12.4. The molecule has 1 heterocycles. The fraction of sp³-hybridized carbons (Fsp3) is 0.536. The molecule has 0 saturated carbocycles. The van der Waals surface area contributed by atoms with Gasteiger partial charge in [0.25, 0.3) is 0 Å². The maximum atomic E-state index is 13.5. The minimum Gasteiger partial charge on any atom is -0.445 e. The van der Waals surface area contributed by atoms with E-state index >= 15 is 0 Å². The van der Waals surface area contributed by atoms with E-state index in [-0.39, 0.29) is 18.4 Å². The highest BCUT2D eigenvalue weighted by Gasteiger charge is 2.38. The maximum absolute atomic E-state index is 13.5. The van der Waals surface area contributed by atoms with Gasteiger partial charge in [-0.2, -0.15) is 5.26 Å². The zero-order valence-corrected chi connectivity index (χ0v) is 22.9. The fourth-order valence-corrected chi connectivity index (χ4v) is 4.24. The number of hydrogen-bond acceptors (Lipinski definition) is 7. The standard InChI is InChI=1S/C28H39N5O6/c1-18(2)16-23(32-28(38)39-17-21-10-6-5-7-11-21)27(37)33-15-9-13-24(33)26(36)30-19(3)25(35)31-22(20(4)34)12-8-14-29/h5-8,10-12,18-20,22-24,34H,9,13,15-17H2,1-4H3,(H,30,36)(H,31,35)(H,32,38)/b12-8+/t19-,20+,22+,23-,24-/m0/s1.